The van der Waals surface area contributed by atoms with Crippen LogP contribution in [0.4, 0.5) is 5.69 Å². The number of nitro groups is 1. The Kier molecular flexibility index (Phi) is 4.57. The maximum Gasteiger partial charge on any atom is 0.295 e. The number of hydrogen-bond acceptors (Lipinski definition) is 4. The number of fused-ring (bicyclic) bond motifs is 1. The van der Waals surface area contributed by atoms with Crippen molar-refractivity contribution in [2.45, 2.75) is 0 Å². The van der Waals surface area contributed by atoms with Crippen LogP contribution in [0.15, 0.2) is 53.0 Å². The molecule has 6 heteroatoms. The smallest absolute Gasteiger partial charge is 0.295 e. The Morgan fingerprint density at radius 3 is 2.75 bits per heavy atom. The minimum atomic E-state index is -0.417. The minimum absolute atomic E-state index is 0.00258. The van der Waals surface area contributed by atoms with Gasteiger partial charge in [0.2, 0.25) is 0 Å². The Hall–Kier alpha value is -2.73. The van der Waals surface area contributed by atoms with Crippen molar-refractivity contribution in [3.63, 3.8) is 0 Å². The number of rotatable bonds is 4. The highest BCUT2D eigenvalue weighted by molar-refractivity contribution is 9.10. The highest BCUT2D eigenvalue weighted by Crippen LogP contribution is 2.26. The fourth-order valence-corrected chi connectivity index (χ4v) is 2.78. The van der Waals surface area contributed by atoms with Crippen molar-refractivity contribution in [3.05, 3.63) is 74.4 Å². The topological polar surface area (TPSA) is 65.3 Å². The lowest BCUT2D eigenvalue weighted by Crippen LogP contribution is -1.92. The molecule has 1 heterocycles. The van der Waals surface area contributed by atoms with Crippen molar-refractivity contribution in [1.82, 2.24) is 4.98 Å². The molecular formula is C18H13BrN2O3. The quantitative estimate of drug-likeness (QED) is 0.464. The van der Waals surface area contributed by atoms with E-state index in [1.54, 1.807) is 25.3 Å². The number of hydrogen-bond donors (Lipinski definition) is 0. The Bertz CT molecular complexity index is 954. The first-order chi connectivity index (χ1) is 11.6. The summed E-state index contributed by atoms with van der Waals surface area (Å²) in [6, 6.07) is 14.3. The standard InChI is InChI=1S/C18H13BrN2O3/c1-24-17-10-7-14(19)11-13(17)6-9-15-8-5-12-3-2-4-16(21(22)23)18(12)20-15/h2-11H,1H3/b9-6+. The fraction of sp³-hybridized carbons (Fsp3) is 0.0556. The molecule has 24 heavy (non-hydrogen) atoms. The van der Waals surface area contributed by atoms with E-state index in [-0.39, 0.29) is 5.69 Å². The fourth-order valence-electron chi connectivity index (χ4n) is 2.40. The van der Waals surface area contributed by atoms with Crippen LogP contribution in [0.5, 0.6) is 5.75 Å². The number of benzene rings is 2. The van der Waals surface area contributed by atoms with Crippen molar-refractivity contribution in [1.29, 1.82) is 0 Å². The molecule has 0 bridgehead atoms. The first-order valence-electron chi connectivity index (χ1n) is 7.14. The van der Waals surface area contributed by atoms with Crippen LogP contribution in [0.2, 0.25) is 0 Å². The van der Waals surface area contributed by atoms with Gasteiger partial charge in [0, 0.05) is 21.5 Å². The molecule has 3 rings (SSSR count). The van der Waals surface area contributed by atoms with Crippen LogP contribution >= 0.6 is 15.9 Å². The molecule has 0 unspecified atom stereocenters. The van der Waals surface area contributed by atoms with E-state index in [0.29, 0.717) is 11.2 Å². The van der Waals surface area contributed by atoms with Crippen LogP contribution in [0.25, 0.3) is 23.1 Å². The summed E-state index contributed by atoms with van der Waals surface area (Å²) in [5.74, 6) is 0.737. The number of para-hydroxylation sites is 1. The molecule has 0 radical (unpaired) electrons. The van der Waals surface area contributed by atoms with Crippen molar-refractivity contribution in [2.24, 2.45) is 0 Å². The first kappa shape index (κ1) is 16.1. The van der Waals surface area contributed by atoms with Gasteiger partial charge in [-0.1, -0.05) is 34.1 Å². The predicted molar refractivity (Wildman–Crippen MR) is 98.0 cm³/mol. The molecule has 5 nitrogen and oxygen atoms in total. The number of non-ortho nitro benzene ring substituents is 1. The van der Waals surface area contributed by atoms with E-state index in [1.165, 1.54) is 6.07 Å². The van der Waals surface area contributed by atoms with E-state index in [9.17, 15) is 10.1 Å². The molecular weight excluding hydrogens is 372 g/mol. The third-order valence-electron chi connectivity index (χ3n) is 3.54. The molecule has 0 amide bonds. The van der Waals surface area contributed by atoms with Crippen LogP contribution < -0.4 is 4.74 Å². The highest BCUT2D eigenvalue weighted by Gasteiger charge is 2.12. The number of halogens is 1. The maximum absolute atomic E-state index is 11.2. The summed E-state index contributed by atoms with van der Waals surface area (Å²) in [5, 5.41) is 11.9. The summed E-state index contributed by atoms with van der Waals surface area (Å²) in [5.41, 5.74) is 1.91. The van der Waals surface area contributed by atoms with Gasteiger partial charge in [0.05, 0.1) is 17.7 Å². The summed E-state index contributed by atoms with van der Waals surface area (Å²) < 4.78 is 6.26. The molecule has 3 aromatic rings. The summed E-state index contributed by atoms with van der Waals surface area (Å²) in [7, 11) is 1.61. The minimum Gasteiger partial charge on any atom is -0.496 e. The lowest BCUT2D eigenvalue weighted by molar-refractivity contribution is -0.383. The monoisotopic (exact) mass is 384 g/mol. The third kappa shape index (κ3) is 3.28. The van der Waals surface area contributed by atoms with E-state index >= 15 is 0 Å². The van der Waals surface area contributed by atoms with Crippen molar-refractivity contribution in [2.75, 3.05) is 7.11 Å². The van der Waals surface area contributed by atoms with Crippen LogP contribution in [0.3, 0.4) is 0 Å². The molecule has 1 aromatic heterocycles. The maximum atomic E-state index is 11.2. The zero-order chi connectivity index (χ0) is 17.1. The number of nitro benzene ring substituents is 1. The summed E-state index contributed by atoms with van der Waals surface area (Å²) >= 11 is 3.43. The Morgan fingerprint density at radius 1 is 1.17 bits per heavy atom. The van der Waals surface area contributed by atoms with E-state index < -0.39 is 4.92 Å². The van der Waals surface area contributed by atoms with Gasteiger partial charge in [-0.2, -0.15) is 0 Å². The van der Waals surface area contributed by atoms with Crippen LogP contribution in [0.1, 0.15) is 11.3 Å². The second kappa shape index (κ2) is 6.80. The molecule has 0 saturated heterocycles. The molecule has 0 atom stereocenters. The average molecular weight is 385 g/mol. The molecule has 0 fully saturated rings. The zero-order valence-corrected chi connectivity index (χ0v) is 14.4. The van der Waals surface area contributed by atoms with Crippen LogP contribution in [-0.4, -0.2) is 17.0 Å². The number of methoxy groups -OCH3 is 1. The van der Waals surface area contributed by atoms with Crippen molar-refractivity contribution in [3.8, 4) is 5.75 Å². The van der Waals surface area contributed by atoms with Crippen LogP contribution in [0, 0.1) is 10.1 Å². The van der Waals surface area contributed by atoms with Gasteiger partial charge in [-0.25, -0.2) is 4.98 Å². The first-order valence-corrected chi connectivity index (χ1v) is 7.93. The molecule has 0 aliphatic carbocycles. The van der Waals surface area contributed by atoms with Gasteiger partial charge in [-0.15, -0.1) is 0 Å². The largest absolute Gasteiger partial charge is 0.496 e. The van der Waals surface area contributed by atoms with E-state index in [4.69, 9.17) is 4.74 Å². The summed E-state index contributed by atoms with van der Waals surface area (Å²) in [6.07, 6.45) is 3.67. The van der Waals surface area contributed by atoms with Crippen molar-refractivity contribution >= 4 is 44.7 Å². The molecule has 0 N–H and O–H groups in total. The van der Waals surface area contributed by atoms with E-state index in [2.05, 4.69) is 20.9 Å². The molecule has 0 spiro atoms. The third-order valence-corrected chi connectivity index (χ3v) is 4.04. The van der Waals surface area contributed by atoms with Gasteiger partial charge in [0.15, 0.2) is 0 Å². The Balaban J connectivity index is 2.03. The normalized spacial score (nSPS) is 11.1. The Labute approximate surface area is 146 Å². The van der Waals surface area contributed by atoms with Gasteiger partial charge in [-0.3, -0.25) is 10.1 Å². The highest BCUT2D eigenvalue weighted by atomic mass is 79.9. The number of ether oxygens (including phenoxy) is 1. The zero-order valence-electron chi connectivity index (χ0n) is 12.8. The molecule has 2 aromatic carbocycles. The van der Waals surface area contributed by atoms with Crippen molar-refractivity contribution < 1.29 is 9.66 Å². The number of aromatic nitrogens is 1. The number of nitrogens with zero attached hydrogens (tertiary/aromatic N) is 2. The van der Waals surface area contributed by atoms with Gasteiger partial charge in [0.25, 0.3) is 5.69 Å². The number of pyridine rings is 1. The summed E-state index contributed by atoms with van der Waals surface area (Å²) in [6.45, 7) is 0. The predicted octanol–water partition coefficient (Wildman–Crippen LogP) is 5.08. The SMILES string of the molecule is COc1ccc(Br)cc1/C=C/c1ccc2cccc([N+](=O)[O-])c2n1. The average Bonchev–Trinajstić information content (AvgIpc) is 2.59. The van der Waals surface area contributed by atoms with Gasteiger partial charge in [-0.05, 0) is 36.4 Å². The molecule has 120 valence electrons. The molecule has 0 aliphatic heterocycles. The molecule has 0 saturated carbocycles. The second-order valence-electron chi connectivity index (χ2n) is 5.06. The van der Waals surface area contributed by atoms with Gasteiger partial charge < -0.3 is 4.74 Å². The summed E-state index contributed by atoms with van der Waals surface area (Å²) in [4.78, 5) is 15.1. The van der Waals surface area contributed by atoms with E-state index in [1.807, 2.05) is 36.4 Å². The van der Waals surface area contributed by atoms with Gasteiger partial charge >= 0.3 is 0 Å². The van der Waals surface area contributed by atoms with Crippen LogP contribution in [-0.2, 0) is 0 Å². The lowest BCUT2D eigenvalue weighted by atomic mass is 10.1. The Morgan fingerprint density at radius 2 is 2.00 bits per heavy atom. The lowest BCUT2D eigenvalue weighted by Gasteiger charge is -2.05. The molecule has 0 aliphatic rings. The van der Waals surface area contributed by atoms with E-state index in [0.717, 1.165) is 21.2 Å². The second-order valence-corrected chi connectivity index (χ2v) is 5.98. The van der Waals surface area contributed by atoms with Gasteiger partial charge in [0.1, 0.15) is 11.3 Å².